The molecule has 1 aromatic rings. The quantitative estimate of drug-likeness (QED) is 0.839. The normalized spacial score (nSPS) is 25.1. The summed E-state index contributed by atoms with van der Waals surface area (Å²) >= 11 is 7.90. The van der Waals surface area contributed by atoms with Gasteiger partial charge in [-0.2, -0.15) is 11.8 Å². The van der Waals surface area contributed by atoms with Crippen LogP contribution >= 0.6 is 23.4 Å². The van der Waals surface area contributed by atoms with Gasteiger partial charge in [-0.1, -0.05) is 18.5 Å². The van der Waals surface area contributed by atoms with Crippen molar-refractivity contribution in [3.8, 4) is 5.75 Å². The van der Waals surface area contributed by atoms with Gasteiger partial charge in [0.15, 0.2) is 0 Å². The molecule has 18 heavy (non-hydrogen) atoms. The van der Waals surface area contributed by atoms with Crippen molar-refractivity contribution in [1.82, 2.24) is 4.90 Å². The number of ether oxygens (including phenoxy) is 1. The molecule has 2 rings (SSSR count). The monoisotopic (exact) mass is 285 g/mol. The first-order chi connectivity index (χ1) is 8.66. The van der Waals surface area contributed by atoms with Crippen LogP contribution in [0, 0.1) is 0 Å². The summed E-state index contributed by atoms with van der Waals surface area (Å²) in [4.78, 5) is 2.51. The average molecular weight is 286 g/mol. The highest BCUT2D eigenvalue weighted by atomic mass is 35.5. The summed E-state index contributed by atoms with van der Waals surface area (Å²) in [7, 11) is 0. The molecule has 0 aliphatic carbocycles. The van der Waals surface area contributed by atoms with Crippen molar-refractivity contribution in [2.75, 3.05) is 25.4 Å². The topological polar surface area (TPSA) is 12.5 Å². The predicted octanol–water partition coefficient (Wildman–Crippen LogP) is 3.54. The van der Waals surface area contributed by atoms with Gasteiger partial charge < -0.3 is 4.74 Å². The van der Waals surface area contributed by atoms with Crippen LogP contribution in [0.2, 0.25) is 5.02 Å². The molecule has 1 heterocycles. The molecule has 1 aliphatic rings. The van der Waals surface area contributed by atoms with Gasteiger partial charge >= 0.3 is 0 Å². The maximum atomic E-state index is 5.84. The van der Waals surface area contributed by atoms with Crippen LogP contribution in [-0.4, -0.2) is 41.6 Å². The third-order valence-electron chi connectivity index (χ3n) is 3.48. The lowest BCUT2D eigenvalue weighted by Gasteiger charge is -2.37. The fourth-order valence-electron chi connectivity index (χ4n) is 2.12. The van der Waals surface area contributed by atoms with Crippen molar-refractivity contribution < 1.29 is 4.74 Å². The fraction of sp³-hybridized carbons (Fsp3) is 0.571. The molecule has 2 nitrogen and oxygen atoms in total. The zero-order valence-electron chi connectivity index (χ0n) is 10.9. The first kappa shape index (κ1) is 14.0. The predicted molar refractivity (Wildman–Crippen MR) is 79.9 cm³/mol. The van der Waals surface area contributed by atoms with Gasteiger partial charge in [-0.05, 0) is 31.2 Å². The molecule has 100 valence electrons. The maximum Gasteiger partial charge on any atom is 0.119 e. The van der Waals surface area contributed by atoms with Gasteiger partial charge in [0.25, 0.3) is 0 Å². The van der Waals surface area contributed by atoms with E-state index in [2.05, 4.69) is 30.5 Å². The minimum Gasteiger partial charge on any atom is -0.492 e. The lowest BCUT2D eigenvalue weighted by atomic mass is 10.2. The summed E-state index contributed by atoms with van der Waals surface area (Å²) in [5, 5.41) is 1.46. The van der Waals surface area contributed by atoms with E-state index in [0.29, 0.717) is 11.3 Å². The Morgan fingerprint density at radius 2 is 2.06 bits per heavy atom. The minimum absolute atomic E-state index is 0.637. The van der Waals surface area contributed by atoms with Gasteiger partial charge in [0.2, 0.25) is 0 Å². The van der Waals surface area contributed by atoms with Gasteiger partial charge in [-0.15, -0.1) is 0 Å². The van der Waals surface area contributed by atoms with E-state index in [9.17, 15) is 0 Å². The molecule has 4 heteroatoms. The summed E-state index contributed by atoms with van der Waals surface area (Å²) in [6, 6.07) is 8.19. The fourth-order valence-corrected chi connectivity index (χ4v) is 3.41. The molecular formula is C14H20ClNOS. The number of hydrogen-bond acceptors (Lipinski definition) is 3. The summed E-state index contributed by atoms with van der Waals surface area (Å²) in [5.74, 6) is 2.12. The molecule has 1 aromatic carbocycles. The summed E-state index contributed by atoms with van der Waals surface area (Å²) in [6.07, 6.45) is 0. The van der Waals surface area contributed by atoms with Crippen molar-refractivity contribution in [2.45, 2.75) is 25.1 Å². The summed E-state index contributed by atoms with van der Waals surface area (Å²) in [6.45, 7) is 7.51. The number of rotatable bonds is 4. The number of nitrogens with zero attached hydrogens (tertiary/aromatic N) is 1. The summed E-state index contributed by atoms with van der Waals surface area (Å²) < 4.78 is 5.74. The van der Waals surface area contributed by atoms with Gasteiger partial charge in [-0.25, -0.2) is 0 Å². The van der Waals surface area contributed by atoms with Gasteiger partial charge in [-0.3, -0.25) is 4.90 Å². The first-order valence-corrected chi connectivity index (χ1v) is 7.83. The molecule has 1 fully saturated rings. The number of halogens is 1. The molecule has 0 spiro atoms. The maximum absolute atomic E-state index is 5.84. The zero-order valence-corrected chi connectivity index (χ0v) is 12.5. The number of benzene rings is 1. The molecule has 0 amide bonds. The Labute approximate surface area is 119 Å². The third-order valence-corrected chi connectivity index (χ3v) is 5.07. The minimum atomic E-state index is 0.637. The van der Waals surface area contributed by atoms with E-state index in [0.717, 1.165) is 23.9 Å². The van der Waals surface area contributed by atoms with E-state index in [1.54, 1.807) is 0 Å². The van der Waals surface area contributed by atoms with Crippen molar-refractivity contribution in [3.63, 3.8) is 0 Å². The van der Waals surface area contributed by atoms with E-state index < -0.39 is 0 Å². The van der Waals surface area contributed by atoms with Crippen LogP contribution in [0.5, 0.6) is 5.75 Å². The molecule has 1 aliphatic heterocycles. The molecule has 2 atom stereocenters. The highest BCUT2D eigenvalue weighted by Gasteiger charge is 2.24. The van der Waals surface area contributed by atoms with Crippen LogP contribution in [0.15, 0.2) is 24.3 Å². The van der Waals surface area contributed by atoms with Crippen molar-refractivity contribution >= 4 is 23.4 Å². The first-order valence-electron chi connectivity index (χ1n) is 6.41. The number of hydrogen-bond donors (Lipinski definition) is 0. The molecule has 0 aromatic heterocycles. The van der Waals surface area contributed by atoms with E-state index in [-0.39, 0.29) is 0 Å². The highest BCUT2D eigenvalue weighted by molar-refractivity contribution is 8.00. The largest absolute Gasteiger partial charge is 0.492 e. The molecular weight excluding hydrogens is 266 g/mol. The Balaban J connectivity index is 1.76. The Bertz CT molecular complexity index is 371. The standard InChI is InChI=1S/C14H20ClNOS/c1-11-12(2)18-10-8-16(11)7-9-17-14-5-3-13(15)4-6-14/h3-6,11-12H,7-10H2,1-2H3. The Hall–Kier alpha value is -0.380. The average Bonchev–Trinajstić information content (AvgIpc) is 2.37. The van der Waals surface area contributed by atoms with E-state index in [1.165, 1.54) is 12.3 Å². The van der Waals surface area contributed by atoms with Crippen LogP contribution in [-0.2, 0) is 0 Å². The lowest BCUT2D eigenvalue weighted by Crippen LogP contribution is -2.46. The third kappa shape index (κ3) is 3.81. The molecule has 0 saturated carbocycles. The molecule has 1 saturated heterocycles. The van der Waals surface area contributed by atoms with Gasteiger partial charge in [0.1, 0.15) is 12.4 Å². The lowest BCUT2D eigenvalue weighted by molar-refractivity contribution is 0.170. The molecule has 0 N–H and O–H groups in total. The summed E-state index contributed by atoms with van der Waals surface area (Å²) in [5.41, 5.74) is 0. The smallest absolute Gasteiger partial charge is 0.119 e. The van der Waals surface area contributed by atoms with Crippen LogP contribution in [0.4, 0.5) is 0 Å². The van der Waals surface area contributed by atoms with Crippen molar-refractivity contribution in [2.24, 2.45) is 0 Å². The second-order valence-corrected chi connectivity index (χ2v) is 6.58. The molecule has 2 unspecified atom stereocenters. The highest BCUT2D eigenvalue weighted by Crippen LogP contribution is 2.24. The van der Waals surface area contributed by atoms with E-state index in [1.807, 2.05) is 24.3 Å². The van der Waals surface area contributed by atoms with Crippen LogP contribution < -0.4 is 4.74 Å². The second-order valence-electron chi connectivity index (χ2n) is 4.65. The second kappa shape index (κ2) is 6.69. The van der Waals surface area contributed by atoms with Gasteiger partial charge in [0.05, 0.1) is 0 Å². The zero-order chi connectivity index (χ0) is 13.0. The van der Waals surface area contributed by atoms with Crippen LogP contribution in [0.1, 0.15) is 13.8 Å². The Morgan fingerprint density at radius 3 is 2.78 bits per heavy atom. The van der Waals surface area contributed by atoms with Crippen LogP contribution in [0.3, 0.4) is 0 Å². The molecule has 0 radical (unpaired) electrons. The number of thioether (sulfide) groups is 1. The van der Waals surface area contributed by atoms with Crippen molar-refractivity contribution in [1.29, 1.82) is 0 Å². The van der Waals surface area contributed by atoms with Gasteiger partial charge in [0, 0.05) is 35.2 Å². The Kier molecular flexibility index (Phi) is 5.22. The van der Waals surface area contributed by atoms with E-state index >= 15 is 0 Å². The Morgan fingerprint density at radius 1 is 1.33 bits per heavy atom. The SMILES string of the molecule is CC1SCCN(CCOc2ccc(Cl)cc2)C1C. The van der Waals surface area contributed by atoms with E-state index in [4.69, 9.17) is 16.3 Å². The molecule has 0 bridgehead atoms. The van der Waals surface area contributed by atoms with Crippen molar-refractivity contribution in [3.05, 3.63) is 29.3 Å². The van der Waals surface area contributed by atoms with Crippen LogP contribution in [0.25, 0.3) is 0 Å².